The Hall–Kier alpha value is -2.22. The lowest BCUT2D eigenvalue weighted by Gasteiger charge is -2.06. The van der Waals surface area contributed by atoms with E-state index in [9.17, 15) is 0 Å². The number of hydrogen-bond donors (Lipinski definition) is 0. The first-order chi connectivity index (χ1) is 8.84. The van der Waals surface area contributed by atoms with E-state index in [0.29, 0.717) is 6.61 Å². The lowest BCUT2D eigenvalue weighted by molar-refractivity contribution is 0.308. The fraction of sp³-hybridized carbons (Fsp3) is 0.125. The third-order valence-electron chi connectivity index (χ3n) is 2.95. The summed E-state index contributed by atoms with van der Waals surface area (Å²) in [6.07, 6.45) is 5.24. The second-order valence-electron chi connectivity index (χ2n) is 4.30. The SMILES string of the molecule is Cc1[c]n2ccccc2c1OCc1ccccc1. The van der Waals surface area contributed by atoms with Gasteiger partial charge >= 0.3 is 0 Å². The molecule has 3 aromatic rings. The monoisotopic (exact) mass is 236 g/mol. The van der Waals surface area contributed by atoms with Crippen LogP contribution in [-0.4, -0.2) is 4.40 Å². The first kappa shape index (κ1) is 10.9. The summed E-state index contributed by atoms with van der Waals surface area (Å²) in [6.45, 7) is 2.61. The summed E-state index contributed by atoms with van der Waals surface area (Å²) < 4.78 is 7.89. The molecular formula is C16H14NO. The van der Waals surface area contributed by atoms with Gasteiger partial charge in [-0.05, 0) is 24.6 Å². The van der Waals surface area contributed by atoms with Crippen LogP contribution in [0.2, 0.25) is 0 Å². The van der Waals surface area contributed by atoms with Crippen LogP contribution >= 0.6 is 0 Å². The maximum Gasteiger partial charge on any atom is 0.148 e. The Morgan fingerprint density at radius 1 is 1.06 bits per heavy atom. The van der Waals surface area contributed by atoms with Gasteiger partial charge in [0, 0.05) is 11.8 Å². The zero-order chi connectivity index (χ0) is 12.4. The van der Waals surface area contributed by atoms with Gasteiger partial charge in [-0.15, -0.1) is 0 Å². The van der Waals surface area contributed by atoms with Gasteiger partial charge < -0.3 is 9.14 Å². The molecule has 0 bridgehead atoms. The Balaban J connectivity index is 1.89. The maximum absolute atomic E-state index is 5.92. The van der Waals surface area contributed by atoms with Crippen LogP contribution in [0, 0.1) is 13.1 Å². The van der Waals surface area contributed by atoms with E-state index in [-0.39, 0.29) is 0 Å². The molecule has 0 aliphatic carbocycles. The van der Waals surface area contributed by atoms with Gasteiger partial charge in [0.25, 0.3) is 0 Å². The number of aromatic nitrogens is 1. The number of nitrogens with zero attached hydrogens (tertiary/aromatic N) is 1. The number of benzene rings is 1. The Kier molecular flexibility index (Phi) is 2.77. The number of rotatable bonds is 3. The van der Waals surface area contributed by atoms with Crippen LogP contribution in [-0.2, 0) is 6.61 Å². The van der Waals surface area contributed by atoms with Crippen LogP contribution in [0.25, 0.3) is 5.52 Å². The van der Waals surface area contributed by atoms with Crippen LogP contribution in [0.15, 0.2) is 54.7 Å². The number of fused-ring (bicyclic) bond motifs is 1. The van der Waals surface area contributed by atoms with Gasteiger partial charge in [-0.2, -0.15) is 0 Å². The Morgan fingerprint density at radius 3 is 2.67 bits per heavy atom. The van der Waals surface area contributed by atoms with Gasteiger partial charge in [-0.1, -0.05) is 36.4 Å². The van der Waals surface area contributed by atoms with Crippen molar-refractivity contribution in [2.75, 3.05) is 0 Å². The molecule has 0 saturated heterocycles. The summed E-state index contributed by atoms with van der Waals surface area (Å²) >= 11 is 0. The predicted molar refractivity (Wildman–Crippen MR) is 71.7 cm³/mol. The fourth-order valence-electron chi connectivity index (χ4n) is 2.06. The standard InChI is InChI=1S/C16H14NO/c1-13-11-17-10-6-5-9-15(17)16(13)18-12-14-7-3-2-4-8-14/h2-10H,12H2,1H3. The fourth-order valence-corrected chi connectivity index (χ4v) is 2.06. The highest BCUT2D eigenvalue weighted by molar-refractivity contribution is 5.64. The van der Waals surface area contributed by atoms with Gasteiger partial charge in [0.15, 0.2) is 0 Å². The Labute approximate surface area is 106 Å². The van der Waals surface area contributed by atoms with Crippen molar-refractivity contribution in [3.8, 4) is 5.75 Å². The quantitative estimate of drug-likeness (QED) is 0.677. The van der Waals surface area contributed by atoms with E-state index in [0.717, 1.165) is 16.8 Å². The summed E-state index contributed by atoms with van der Waals surface area (Å²) in [5.74, 6) is 0.916. The van der Waals surface area contributed by atoms with Crippen molar-refractivity contribution in [3.05, 3.63) is 72.1 Å². The molecule has 0 amide bonds. The second kappa shape index (κ2) is 4.57. The molecule has 18 heavy (non-hydrogen) atoms. The summed E-state index contributed by atoms with van der Waals surface area (Å²) in [7, 11) is 0. The second-order valence-corrected chi connectivity index (χ2v) is 4.30. The Morgan fingerprint density at radius 2 is 1.83 bits per heavy atom. The van der Waals surface area contributed by atoms with Crippen LogP contribution < -0.4 is 4.74 Å². The summed E-state index contributed by atoms with van der Waals surface area (Å²) in [6, 6.07) is 16.2. The van der Waals surface area contributed by atoms with Gasteiger partial charge in [-0.25, -0.2) is 0 Å². The molecule has 0 spiro atoms. The van der Waals surface area contributed by atoms with E-state index in [1.807, 2.05) is 53.9 Å². The average Bonchev–Trinajstić information content (AvgIpc) is 2.73. The Bertz CT molecular complexity index is 655. The van der Waals surface area contributed by atoms with E-state index in [4.69, 9.17) is 4.74 Å². The van der Waals surface area contributed by atoms with Crippen LogP contribution in [0.4, 0.5) is 0 Å². The average molecular weight is 236 g/mol. The summed E-state index contributed by atoms with van der Waals surface area (Å²) in [5.41, 5.74) is 3.27. The molecule has 1 aromatic carbocycles. The molecule has 0 aliphatic rings. The predicted octanol–water partition coefficient (Wildman–Crippen LogP) is 3.63. The topological polar surface area (TPSA) is 13.6 Å². The molecular weight excluding hydrogens is 222 g/mol. The number of ether oxygens (including phenoxy) is 1. The van der Waals surface area contributed by atoms with Crippen LogP contribution in [0.5, 0.6) is 5.75 Å². The highest BCUT2D eigenvalue weighted by Crippen LogP contribution is 2.26. The molecule has 1 radical (unpaired) electrons. The van der Waals surface area contributed by atoms with Crippen molar-refractivity contribution in [3.63, 3.8) is 0 Å². The first-order valence-corrected chi connectivity index (χ1v) is 6.00. The lowest BCUT2D eigenvalue weighted by atomic mass is 10.2. The highest BCUT2D eigenvalue weighted by Gasteiger charge is 2.08. The molecule has 0 aliphatic heterocycles. The maximum atomic E-state index is 5.92. The van der Waals surface area contributed by atoms with Crippen LogP contribution in [0.1, 0.15) is 11.1 Å². The van der Waals surface area contributed by atoms with Gasteiger partial charge in [-0.3, -0.25) is 0 Å². The van der Waals surface area contributed by atoms with Gasteiger partial charge in [0.2, 0.25) is 0 Å². The smallest absolute Gasteiger partial charge is 0.148 e. The molecule has 2 nitrogen and oxygen atoms in total. The lowest BCUT2D eigenvalue weighted by Crippen LogP contribution is -1.95. The molecule has 2 heteroatoms. The zero-order valence-corrected chi connectivity index (χ0v) is 10.3. The largest absolute Gasteiger partial charge is 0.486 e. The van der Waals surface area contributed by atoms with Crippen molar-refractivity contribution < 1.29 is 4.74 Å². The number of pyridine rings is 1. The minimum Gasteiger partial charge on any atom is -0.486 e. The van der Waals surface area contributed by atoms with Crippen molar-refractivity contribution in [2.45, 2.75) is 13.5 Å². The van der Waals surface area contributed by atoms with E-state index in [1.165, 1.54) is 5.56 Å². The molecule has 89 valence electrons. The zero-order valence-electron chi connectivity index (χ0n) is 10.3. The molecule has 2 heterocycles. The van der Waals surface area contributed by atoms with Crippen LogP contribution in [0.3, 0.4) is 0 Å². The van der Waals surface area contributed by atoms with Crippen molar-refractivity contribution in [2.24, 2.45) is 0 Å². The molecule has 2 aromatic heterocycles. The van der Waals surface area contributed by atoms with Gasteiger partial charge in [0.1, 0.15) is 12.4 Å². The highest BCUT2D eigenvalue weighted by atomic mass is 16.5. The minimum absolute atomic E-state index is 0.587. The number of hydrogen-bond acceptors (Lipinski definition) is 1. The molecule has 0 unspecified atom stereocenters. The van der Waals surface area contributed by atoms with E-state index in [2.05, 4.69) is 18.3 Å². The van der Waals surface area contributed by atoms with Crippen molar-refractivity contribution in [1.82, 2.24) is 4.40 Å². The summed E-state index contributed by atoms with van der Waals surface area (Å²) in [5, 5.41) is 0. The third-order valence-corrected chi connectivity index (χ3v) is 2.95. The van der Waals surface area contributed by atoms with Crippen molar-refractivity contribution >= 4 is 5.52 Å². The number of aryl methyl sites for hydroxylation is 1. The molecule has 0 saturated carbocycles. The third kappa shape index (κ3) is 1.97. The molecule has 0 fully saturated rings. The first-order valence-electron chi connectivity index (χ1n) is 6.00. The minimum atomic E-state index is 0.587. The summed E-state index contributed by atoms with van der Waals surface area (Å²) in [4.78, 5) is 0. The van der Waals surface area contributed by atoms with E-state index in [1.54, 1.807) is 0 Å². The molecule has 0 N–H and O–H groups in total. The van der Waals surface area contributed by atoms with Gasteiger partial charge in [0.05, 0.1) is 11.7 Å². The van der Waals surface area contributed by atoms with E-state index < -0.39 is 0 Å². The molecule has 3 rings (SSSR count). The molecule has 0 atom stereocenters. The van der Waals surface area contributed by atoms with E-state index >= 15 is 0 Å². The van der Waals surface area contributed by atoms with Crippen molar-refractivity contribution in [1.29, 1.82) is 0 Å². The normalized spacial score (nSPS) is 10.7.